The van der Waals surface area contributed by atoms with Crippen molar-refractivity contribution in [2.75, 3.05) is 20.3 Å². The second-order valence-electron chi connectivity index (χ2n) is 5.18. The van der Waals surface area contributed by atoms with Gasteiger partial charge in [-0.25, -0.2) is 0 Å². The fraction of sp³-hybridized carbons (Fsp3) is 0.846. The van der Waals surface area contributed by atoms with Gasteiger partial charge in [0.1, 0.15) is 0 Å². The van der Waals surface area contributed by atoms with Gasteiger partial charge in [0.15, 0.2) is 5.82 Å². The van der Waals surface area contributed by atoms with Crippen molar-refractivity contribution in [3.05, 3.63) is 11.7 Å². The zero-order valence-corrected chi connectivity index (χ0v) is 11.5. The molecule has 3 unspecified atom stereocenters. The lowest BCUT2D eigenvalue weighted by atomic mass is 10.2. The molecule has 18 heavy (non-hydrogen) atoms. The SMILES string of the molecule is CCCNC(COC)Cc1nc(C2CC2C)no1. The first-order chi connectivity index (χ1) is 8.74. The Morgan fingerprint density at radius 3 is 2.94 bits per heavy atom. The van der Waals surface area contributed by atoms with Crippen LogP contribution in [0.1, 0.15) is 44.3 Å². The van der Waals surface area contributed by atoms with Gasteiger partial charge < -0.3 is 14.6 Å². The smallest absolute Gasteiger partial charge is 0.228 e. The molecule has 0 aromatic carbocycles. The molecule has 2 rings (SSSR count). The zero-order chi connectivity index (χ0) is 13.0. The largest absolute Gasteiger partial charge is 0.383 e. The Bertz CT molecular complexity index is 367. The number of nitrogens with zero attached hydrogens (tertiary/aromatic N) is 2. The molecule has 0 aliphatic heterocycles. The number of hydrogen-bond acceptors (Lipinski definition) is 5. The monoisotopic (exact) mass is 253 g/mol. The van der Waals surface area contributed by atoms with Crippen molar-refractivity contribution in [2.45, 2.75) is 45.1 Å². The van der Waals surface area contributed by atoms with Crippen molar-refractivity contribution in [3.63, 3.8) is 0 Å². The minimum atomic E-state index is 0.250. The molecule has 1 aromatic heterocycles. The van der Waals surface area contributed by atoms with Gasteiger partial charge in [0.2, 0.25) is 5.89 Å². The van der Waals surface area contributed by atoms with Crippen LogP contribution in [0.2, 0.25) is 0 Å². The first-order valence-electron chi connectivity index (χ1n) is 6.79. The van der Waals surface area contributed by atoms with Gasteiger partial charge in [-0.2, -0.15) is 4.98 Å². The highest BCUT2D eigenvalue weighted by molar-refractivity contribution is 5.07. The summed E-state index contributed by atoms with van der Waals surface area (Å²) in [4.78, 5) is 4.48. The first kappa shape index (κ1) is 13.5. The summed E-state index contributed by atoms with van der Waals surface area (Å²) in [5.74, 6) is 2.83. The quantitative estimate of drug-likeness (QED) is 0.765. The van der Waals surface area contributed by atoms with Crippen LogP contribution in [0.5, 0.6) is 0 Å². The second-order valence-corrected chi connectivity index (χ2v) is 5.18. The summed E-state index contributed by atoms with van der Waals surface area (Å²) in [6, 6.07) is 0.250. The van der Waals surface area contributed by atoms with E-state index in [9.17, 15) is 0 Å². The Morgan fingerprint density at radius 1 is 1.56 bits per heavy atom. The summed E-state index contributed by atoms with van der Waals surface area (Å²) in [5, 5.41) is 7.50. The molecule has 0 saturated heterocycles. The molecule has 0 amide bonds. The van der Waals surface area contributed by atoms with Crippen molar-refractivity contribution in [1.82, 2.24) is 15.5 Å². The highest BCUT2D eigenvalue weighted by Gasteiger charge is 2.38. The summed E-state index contributed by atoms with van der Waals surface area (Å²) in [7, 11) is 1.71. The Morgan fingerprint density at radius 2 is 2.33 bits per heavy atom. The average molecular weight is 253 g/mol. The van der Waals surface area contributed by atoms with E-state index in [1.54, 1.807) is 7.11 Å². The lowest BCUT2D eigenvalue weighted by Crippen LogP contribution is -2.35. The van der Waals surface area contributed by atoms with Crippen LogP contribution >= 0.6 is 0 Å². The van der Waals surface area contributed by atoms with Crippen LogP contribution in [-0.4, -0.2) is 36.4 Å². The minimum Gasteiger partial charge on any atom is -0.383 e. The van der Waals surface area contributed by atoms with E-state index in [0.29, 0.717) is 18.4 Å². The molecule has 1 aliphatic carbocycles. The fourth-order valence-corrected chi connectivity index (χ4v) is 2.13. The number of hydrogen-bond donors (Lipinski definition) is 1. The molecule has 1 heterocycles. The lowest BCUT2D eigenvalue weighted by Gasteiger charge is -2.15. The predicted molar refractivity (Wildman–Crippen MR) is 68.5 cm³/mol. The van der Waals surface area contributed by atoms with Gasteiger partial charge in [-0.1, -0.05) is 19.0 Å². The van der Waals surface area contributed by atoms with Crippen molar-refractivity contribution >= 4 is 0 Å². The third kappa shape index (κ3) is 3.53. The van der Waals surface area contributed by atoms with Crippen LogP contribution in [0.25, 0.3) is 0 Å². The second kappa shape index (κ2) is 6.29. The summed E-state index contributed by atoms with van der Waals surface area (Å²) < 4.78 is 10.5. The summed E-state index contributed by atoms with van der Waals surface area (Å²) in [6.07, 6.45) is 3.03. The molecule has 0 bridgehead atoms. The first-order valence-corrected chi connectivity index (χ1v) is 6.79. The summed E-state index contributed by atoms with van der Waals surface area (Å²) in [6.45, 7) is 6.01. The van der Waals surface area contributed by atoms with Gasteiger partial charge >= 0.3 is 0 Å². The van der Waals surface area contributed by atoms with Gasteiger partial charge in [0.05, 0.1) is 6.61 Å². The standard InChI is InChI=1S/C13H23N3O2/c1-4-5-14-10(8-17-3)7-12-15-13(16-18-12)11-6-9(11)2/h9-11,14H,4-8H2,1-3H3. The number of methoxy groups -OCH3 is 1. The Kier molecular flexibility index (Phi) is 4.72. The highest BCUT2D eigenvalue weighted by Crippen LogP contribution is 2.45. The number of aromatic nitrogens is 2. The number of nitrogens with one attached hydrogen (secondary N) is 1. The van der Waals surface area contributed by atoms with E-state index in [4.69, 9.17) is 9.26 Å². The van der Waals surface area contributed by atoms with Crippen molar-refractivity contribution in [2.24, 2.45) is 5.92 Å². The van der Waals surface area contributed by atoms with Gasteiger partial charge in [-0.15, -0.1) is 0 Å². The molecular weight excluding hydrogens is 230 g/mol. The molecule has 3 atom stereocenters. The number of rotatable bonds is 8. The molecule has 1 aromatic rings. The van der Waals surface area contributed by atoms with Crippen molar-refractivity contribution in [1.29, 1.82) is 0 Å². The number of ether oxygens (including phenoxy) is 1. The third-order valence-electron chi connectivity index (χ3n) is 3.40. The molecule has 5 heteroatoms. The lowest BCUT2D eigenvalue weighted by molar-refractivity contribution is 0.161. The zero-order valence-electron chi connectivity index (χ0n) is 11.5. The van der Waals surface area contributed by atoms with E-state index >= 15 is 0 Å². The minimum absolute atomic E-state index is 0.250. The molecule has 0 spiro atoms. The van der Waals surface area contributed by atoms with Crippen LogP contribution in [-0.2, 0) is 11.2 Å². The maximum Gasteiger partial charge on any atom is 0.228 e. The van der Waals surface area contributed by atoms with E-state index in [1.165, 1.54) is 6.42 Å². The van der Waals surface area contributed by atoms with Crippen LogP contribution < -0.4 is 5.32 Å². The molecule has 1 saturated carbocycles. The normalized spacial score (nSPS) is 24.2. The molecule has 5 nitrogen and oxygen atoms in total. The topological polar surface area (TPSA) is 60.2 Å². The van der Waals surface area contributed by atoms with Crippen LogP contribution in [0.4, 0.5) is 0 Å². The summed E-state index contributed by atoms with van der Waals surface area (Å²) in [5.41, 5.74) is 0. The maximum atomic E-state index is 5.31. The van der Waals surface area contributed by atoms with E-state index in [2.05, 4.69) is 29.3 Å². The molecule has 102 valence electrons. The summed E-state index contributed by atoms with van der Waals surface area (Å²) >= 11 is 0. The maximum absolute atomic E-state index is 5.31. The van der Waals surface area contributed by atoms with Gasteiger partial charge in [-0.05, 0) is 25.3 Å². The Hall–Kier alpha value is -0.940. The van der Waals surface area contributed by atoms with Gasteiger partial charge in [0, 0.05) is 25.5 Å². The van der Waals surface area contributed by atoms with Crippen LogP contribution in [0.3, 0.4) is 0 Å². The molecule has 1 aliphatic rings. The fourth-order valence-electron chi connectivity index (χ4n) is 2.13. The molecule has 1 N–H and O–H groups in total. The van der Waals surface area contributed by atoms with Crippen molar-refractivity contribution < 1.29 is 9.26 Å². The molecule has 0 radical (unpaired) electrons. The van der Waals surface area contributed by atoms with E-state index < -0.39 is 0 Å². The molecule has 1 fully saturated rings. The third-order valence-corrected chi connectivity index (χ3v) is 3.40. The van der Waals surface area contributed by atoms with E-state index in [1.807, 2.05) is 0 Å². The highest BCUT2D eigenvalue weighted by atomic mass is 16.5. The average Bonchev–Trinajstić information content (AvgIpc) is 2.90. The van der Waals surface area contributed by atoms with E-state index in [0.717, 1.165) is 31.1 Å². The van der Waals surface area contributed by atoms with Gasteiger partial charge in [-0.3, -0.25) is 0 Å². The van der Waals surface area contributed by atoms with Crippen LogP contribution in [0.15, 0.2) is 4.52 Å². The Labute approximate surface area is 108 Å². The molecular formula is C13H23N3O2. The predicted octanol–water partition coefficient (Wildman–Crippen LogP) is 1.75. The van der Waals surface area contributed by atoms with Crippen LogP contribution in [0, 0.1) is 5.92 Å². The Balaban J connectivity index is 1.87. The van der Waals surface area contributed by atoms with Gasteiger partial charge in [0.25, 0.3) is 0 Å². The van der Waals surface area contributed by atoms with Crippen molar-refractivity contribution in [3.8, 4) is 0 Å². The van der Waals surface area contributed by atoms with E-state index in [-0.39, 0.29) is 6.04 Å².